The number of quaternary nitrogens is 1. The number of halogens is 2. The van der Waals surface area contributed by atoms with Gasteiger partial charge in [-0.15, -0.1) is 0 Å². The average Bonchev–Trinajstić information content (AvgIpc) is 2.57. The third kappa shape index (κ3) is 5.82. The first-order valence-electron chi connectivity index (χ1n) is 7.87. The van der Waals surface area contributed by atoms with Gasteiger partial charge in [0.1, 0.15) is 17.4 Å². The Bertz CT molecular complexity index is 782. The van der Waals surface area contributed by atoms with Crippen molar-refractivity contribution in [2.45, 2.75) is 0 Å². The highest BCUT2D eigenvalue weighted by molar-refractivity contribution is 5.93. The van der Waals surface area contributed by atoms with Crippen molar-refractivity contribution in [2.75, 3.05) is 37.9 Å². The van der Waals surface area contributed by atoms with Crippen LogP contribution in [0.3, 0.4) is 0 Å². The Labute approximate surface area is 149 Å². The van der Waals surface area contributed by atoms with Crippen LogP contribution >= 0.6 is 0 Å². The van der Waals surface area contributed by atoms with Crippen LogP contribution in [0.4, 0.5) is 20.2 Å². The minimum atomic E-state index is -0.853. The molecule has 0 saturated carbocycles. The normalized spacial score (nSPS) is 11.5. The molecule has 0 spiro atoms. The van der Waals surface area contributed by atoms with E-state index in [1.165, 1.54) is 0 Å². The van der Waals surface area contributed by atoms with Crippen molar-refractivity contribution in [3.8, 4) is 5.75 Å². The van der Waals surface area contributed by atoms with E-state index in [0.717, 1.165) is 12.1 Å². The molecule has 2 rings (SSSR count). The molecular formula is C18H20F2N3O3+. The fourth-order valence-corrected chi connectivity index (χ4v) is 2.28. The van der Waals surface area contributed by atoms with Crippen molar-refractivity contribution in [2.24, 2.45) is 0 Å². The van der Waals surface area contributed by atoms with Crippen LogP contribution in [0.15, 0.2) is 42.5 Å². The Morgan fingerprint density at radius 3 is 2.19 bits per heavy atom. The van der Waals surface area contributed by atoms with E-state index in [1.807, 2.05) is 0 Å². The summed E-state index contributed by atoms with van der Waals surface area (Å²) < 4.78 is 31.4. The number of benzene rings is 2. The van der Waals surface area contributed by atoms with Crippen LogP contribution in [0.1, 0.15) is 0 Å². The summed E-state index contributed by atoms with van der Waals surface area (Å²) in [7, 11) is 3.21. The number of rotatable bonds is 7. The maximum Gasteiger partial charge on any atom is 0.279 e. The van der Waals surface area contributed by atoms with Crippen LogP contribution in [0, 0.1) is 11.6 Å². The lowest BCUT2D eigenvalue weighted by molar-refractivity contribution is -0.862. The molecule has 8 heteroatoms. The predicted octanol–water partition coefficient (Wildman–Crippen LogP) is 1.07. The average molecular weight is 364 g/mol. The van der Waals surface area contributed by atoms with E-state index in [4.69, 9.17) is 4.74 Å². The third-order valence-corrected chi connectivity index (χ3v) is 3.50. The van der Waals surface area contributed by atoms with Crippen LogP contribution < -0.4 is 20.3 Å². The van der Waals surface area contributed by atoms with Crippen LogP contribution in [-0.2, 0) is 9.59 Å². The van der Waals surface area contributed by atoms with E-state index in [2.05, 4.69) is 10.6 Å². The van der Waals surface area contributed by atoms with Gasteiger partial charge in [0.15, 0.2) is 13.1 Å². The molecule has 0 heterocycles. The zero-order chi connectivity index (χ0) is 19.1. The number of likely N-dealkylation sites (N-methyl/N-ethyl adjacent to an activating group) is 1. The Hall–Kier alpha value is -3.00. The number of carbonyl (C=O) groups excluding carboxylic acids is 2. The quantitative estimate of drug-likeness (QED) is 0.688. The Morgan fingerprint density at radius 2 is 1.62 bits per heavy atom. The first kappa shape index (κ1) is 19.3. The molecular weight excluding hydrogens is 344 g/mol. The van der Waals surface area contributed by atoms with Gasteiger partial charge in [0.25, 0.3) is 11.8 Å². The summed E-state index contributed by atoms with van der Waals surface area (Å²) in [6.45, 7) is -0.00179. The van der Waals surface area contributed by atoms with Crippen LogP contribution in [0.5, 0.6) is 5.75 Å². The predicted molar refractivity (Wildman–Crippen MR) is 93.2 cm³/mol. The lowest BCUT2D eigenvalue weighted by atomic mass is 10.3. The third-order valence-electron chi connectivity index (χ3n) is 3.50. The monoisotopic (exact) mass is 364 g/mol. The number of methoxy groups -OCH3 is 1. The SMILES string of the molecule is COc1ccc(NC(=O)C[NH+](C)CC(=O)Nc2ccc(F)cc2F)cc1. The first-order valence-corrected chi connectivity index (χ1v) is 7.87. The van der Waals surface area contributed by atoms with Crippen LogP contribution in [0.2, 0.25) is 0 Å². The van der Waals surface area contributed by atoms with Crippen molar-refractivity contribution in [1.29, 1.82) is 0 Å². The second-order valence-corrected chi connectivity index (χ2v) is 5.76. The molecule has 2 aromatic carbocycles. The summed E-state index contributed by atoms with van der Waals surface area (Å²) in [6.07, 6.45) is 0. The highest BCUT2D eigenvalue weighted by atomic mass is 19.1. The summed E-state index contributed by atoms with van der Waals surface area (Å²) in [4.78, 5) is 24.6. The molecule has 0 bridgehead atoms. The molecule has 0 fully saturated rings. The number of hydrogen-bond acceptors (Lipinski definition) is 3. The fourth-order valence-electron chi connectivity index (χ4n) is 2.28. The van der Waals surface area contributed by atoms with Gasteiger partial charge in [-0.2, -0.15) is 0 Å². The number of hydrogen-bond donors (Lipinski definition) is 3. The molecule has 26 heavy (non-hydrogen) atoms. The number of amides is 2. The van der Waals surface area contributed by atoms with Gasteiger partial charge in [-0.25, -0.2) is 8.78 Å². The summed E-state index contributed by atoms with van der Waals surface area (Å²) in [5.74, 6) is -1.65. The molecule has 0 radical (unpaired) electrons. The van der Waals surface area contributed by atoms with E-state index < -0.39 is 17.5 Å². The van der Waals surface area contributed by atoms with Crippen molar-refractivity contribution in [1.82, 2.24) is 0 Å². The van der Waals surface area contributed by atoms with Crippen molar-refractivity contribution >= 4 is 23.2 Å². The highest BCUT2D eigenvalue weighted by Gasteiger charge is 2.16. The molecule has 0 aliphatic carbocycles. The molecule has 3 N–H and O–H groups in total. The van der Waals surface area contributed by atoms with Gasteiger partial charge in [-0.3, -0.25) is 9.59 Å². The van der Waals surface area contributed by atoms with E-state index in [9.17, 15) is 18.4 Å². The second-order valence-electron chi connectivity index (χ2n) is 5.76. The maximum atomic E-state index is 13.5. The summed E-state index contributed by atoms with van der Waals surface area (Å²) in [6, 6.07) is 9.74. The van der Waals surface area contributed by atoms with Gasteiger partial charge in [0.05, 0.1) is 19.8 Å². The zero-order valence-electron chi connectivity index (χ0n) is 14.4. The van der Waals surface area contributed by atoms with Gasteiger partial charge < -0.3 is 20.3 Å². The van der Waals surface area contributed by atoms with E-state index in [-0.39, 0.29) is 24.7 Å². The second kappa shape index (κ2) is 8.91. The molecule has 6 nitrogen and oxygen atoms in total. The number of nitrogens with one attached hydrogen (secondary N) is 3. The van der Waals surface area contributed by atoms with Gasteiger partial charge in [0.2, 0.25) is 0 Å². The summed E-state index contributed by atoms with van der Waals surface area (Å²) in [5, 5.41) is 5.07. The smallest absolute Gasteiger partial charge is 0.279 e. The van der Waals surface area contributed by atoms with E-state index >= 15 is 0 Å². The Kier molecular flexibility index (Phi) is 6.62. The molecule has 138 valence electrons. The van der Waals surface area contributed by atoms with E-state index in [1.54, 1.807) is 38.4 Å². The molecule has 0 aliphatic rings. The molecule has 1 atom stereocenters. The van der Waals surface area contributed by atoms with Gasteiger partial charge in [-0.05, 0) is 36.4 Å². The van der Waals surface area contributed by atoms with Crippen LogP contribution in [0.25, 0.3) is 0 Å². The van der Waals surface area contributed by atoms with E-state index in [0.29, 0.717) is 22.4 Å². The minimum absolute atomic E-state index is 0.0470. The zero-order valence-corrected chi connectivity index (χ0v) is 14.4. The summed E-state index contributed by atoms with van der Waals surface area (Å²) in [5.41, 5.74) is 0.508. The largest absolute Gasteiger partial charge is 0.497 e. The van der Waals surface area contributed by atoms with Gasteiger partial charge in [0, 0.05) is 11.8 Å². The molecule has 0 aromatic heterocycles. The maximum absolute atomic E-state index is 13.5. The van der Waals surface area contributed by atoms with Crippen molar-refractivity contribution in [3.05, 3.63) is 54.1 Å². The number of ether oxygens (including phenoxy) is 1. The number of anilines is 2. The van der Waals surface area contributed by atoms with Crippen LogP contribution in [-0.4, -0.2) is 39.1 Å². The minimum Gasteiger partial charge on any atom is -0.497 e. The van der Waals surface area contributed by atoms with Crippen molar-refractivity contribution in [3.63, 3.8) is 0 Å². The topological polar surface area (TPSA) is 71.9 Å². The highest BCUT2D eigenvalue weighted by Crippen LogP contribution is 2.15. The van der Waals surface area contributed by atoms with Gasteiger partial charge in [-0.1, -0.05) is 0 Å². The standard InChI is InChI=1S/C18H19F2N3O3/c1-23(10-17(24)21-13-4-6-14(26-2)7-5-13)11-18(25)22-16-8-3-12(19)9-15(16)20/h3-9H,10-11H2,1-2H3,(H,21,24)(H,22,25)/p+1. The fraction of sp³-hybridized carbons (Fsp3) is 0.222. The number of carbonyl (C=O) groups is 2. The molecule has 2 aromatic rings. The lowest BCUT2D eigenvalue weighted by Crippen LogP contribution is -3.11. The van der Waals surface area contributed by atoms with Crippen molar-refractivity contribution < 1.29 is 28.0 Å². The van der Waals surface area contributed by atoms with Gasteiger partial charge >= 0.3 is 0 Å². The summed E-state index contributed by atoms with van der Waals surface area (Å²) >= 11 is 0. The Balaban J connectivity index is 1.81. The Morgan fingerprint density at radius 1 is 1.00 bits per heavy atom. The first-order chi connectivity index (χ1) is 12.4. The lowest BCUT2D eigenvalue weighted by Gasteiger charge is -2.14. The molecule has 2 amide bonds. The molecule has 1 unspecified atom stereocenters. The molecule has 0 saturated heterocycles. The molecule has 0 aliphatic heterocycles.